The van der Waals surface area contributed by atoms with Crippen LogP contribution in [0, 0.1) is 6.92 Å². The molecule has 0 aliphatic heterocycles. The van der Waals surface area contributed by atoms with E-state index in [2.05, 4.69) is 15.3 Å². The first-order chi connectivity index (χ1) is 12.7. The third-order valence-corrected chi connectivity index (χ3v) is 3.53. The Labute approximate surface area is 151 Å². The molecule has 0 saturated carbocycles. The average Bonchev–Trinajstić information content (AvgIpc) is 3.17. The second-order valence-electron chi connectivity index (χ2n) is 5.51. The van der Waals surface area contributed by atoms with Gasteiger partial charge in [-0.1, -0.05) is 12.1 Å². The van der Waals surface area contributed by atoms with Crippen molar-refractivity contribution in [1.29, 1.82) is 0 Å². The Bertz CT molecular complexity index is 863. The highest BCUT2D eigenvalue weighted by atomic mass is 16.5. The fraction of sp³-hybridized carbons (Fsp3) is 0.211. The molecule has 3 rings (SSSR count). The maximum Gasteiger partial charge on any atom is 0.161 e. The van der Waals surface area contributed by atoms with Crippen LogP contribution >= 0.6 is 0 Å². The van der Waals surface area contributed by atoms with Gasteiger partial charge in [-0.25, -0.2) is 4.68 Å². The number of methoxy groups -OCH3 is 1. The third kappa shape index (κ3) is 4.83. The van der Waals surface area contributed by atoms with Gasteiger partial charge >= 0.3 is 0 Å². The molecule has 7 heteroatoms. The molecule has 3 aromatic rings. The summed E-state index contributed by atoms with van der Waals surface area (Å²) in [6, 6.07) is 13.5. The molecular weight excluding hydrogens is 332 g/mol. The molecule has 0 aliphatic rings. The summed E-state index contributed by atoms with van der Waals surface area (Å²) >= 11 is 0. The minimum Gasteiger partial charge on any atom is -0.493 e. The molecule has 2 aromatic carbocycles. The van der Waals surface area contributed by atoms with E-state index in [1.165, 1.54) is 17.3 Å². The van der Waals surface area contributed by atoms with E-state index in [0.29, 0.717) is 24.7 Å². The molecule has 0 unspecified atom stereocenters. The fourth-order valence-electron chi connectivity index (χ4n) is 2.29. The highest BCUT2D eigenvalue weighted by molar-refractivity contribution is 5.80. The van der Waals surface area contributed by atoms with Gasteiger partial charge in [0.25, 0.3) is 0 Å². The van der Waals surface area contributed by atoms with E-state index < -0.39 is 0 Å². The van der Waals surface area contributed by atoms with Crippen LogP contribution in [0.1, 0.15) is 11.1 Å². The molecule has 0 fully saturated rings. The largest absolute Gasteiger partial charge is 0.493 e. The molecule has 0 aliphatic carbocycles. The van der Waals surface area contributed by atoms with E-state index in [0.717, 1.165) is 16.9 Å². The van der Waals surface area contributed by atoms with Gasteiger partial charge in [-0.2, -0.15) is 5.10 Å². The Balaban J connectivity index is 1.55. The van der Waals surface area contributed by atoms with Gasteiger partial charge in [0.05, 0.1) is 13.3 Å². The van der Waals surface area contributed by atoms with Crippen molar-refractivity contribution in [1.82, 2.24) is 14.9 Å². The number of aromatic nitrogens is 3. The molecule has 26 heavy (non-hydrogen) atoms. The zero-order chi connectivity index (χ0) is 18.2. The van der Waals surface area contributed by atoms with E-state index in [9.17, 15) is 0 Å². The minimum absolute atomic E-state index is 0.415. The van der Waals surface area contributed by atoms with Crippen LogP contribution in [0.3, 0.4) is 0 Å². The summed E-state index contributed by atoms with van der Waals surface area (Å²) in [6.45, 7) is 2.89. The van der Waals surface area contributed by atoms with Crippen LogP contribution in [0.5, 0.6) is 17.2 Å². The van der Waals surface area contributed by atoms with Crippen molar-refractivity contribution in [2.24, 2.45) is 5.10 Å². The Kier molecular flexibility index (Phi) is 5.82. The summed E-state index contributed by atoms with van der Waals surface area (Å²) in [5.41, 5.74) is 2.03. The molecule has 0 amide bonds. The molecule has 1 aromatic heterocycles. The van der Waals surface area contributed by atoms with Crippen LogP contribution in [-0.4, -0.2) is 41.4 Å². The lowest BCUT2D eigenvalue weighted by Gasteiger charge is -2.12. The summed E-state index contributed by atoms with van der Waals surface area (Å²) in [5, 5.41) is 11.6. The van der Waals surface area contributed by atoms with Gasteiger partial charge in [-0.3, -0.25) is 0 Å². The number of ether oxygens (including phenoxy) is 3. The Morgan fingerprint density at radius 2 is 1.81 bits per heavy atom. The SMILES string of the molecule is COc1cc(/C=N/n2cnnc2)ccc1OCCOc1cccc(C)c1. The standard InChI is InChI=1S/C19H20N4O3/c1-15-4-3-5-17(10-15)25-8-9-26-18-7-6-16(11-19(18)24-2)12-22-23-13-20-21-14-23/h3-7,10-14H,8-9H2,1-2H3/b22-12+. The van der Waals surface area contributed by atoms with Crippen LogP contribution in [-0.2, 0) is 0 Å². The summed E-state index contributed by atoms with van der Waals surface area (Å²) < 4.78 is 18.4. The second-order valence-corrected chi connectivity index (χ2v) is 5.51. The monoisotopic (exact) mass is 352 g/mol. The summed E-state index contributed by atoms with van der Waals surface area (Å²) in [4.78, 5) is 0. The molecule has 0 radical (unpaired) electrons. The van der Waals surface area contributed by atoms with Crippen LogP contribution in [0.25, 0.3) is 0 Å². The van der Waals surface area contributed by atoms with Crippen molar-refractivity contribution in [2.75, 3.05) is 20.3 Å². The van der Waals surface area contributed by atoms with Crippen molar-refractivity contribution in [3.05, 3.63) is 66.2 Å². The molecular formula is C19H20N4O3. The molecule has 0 spiro atoms. The van der Waals surface area contributed by atoms with Gasteiger partial charge in [0.1, 0.15) is 31.6 Å². The Morgan fingerprint density at radius 3 is 2.58 bits per heavy atom. The highest BCUT2D eigenvalue weighted by Crippen LogP contribution is 2.27. The van der Waals surface area contributed by atoms with Crippen LogP contribution in [0.4, 0.5) is 0 Å². The zero-order valence-corrected chi connectivity index (χ0v) is 14.7. The molecule has 0 saturated heterocycles. The van der Waals surface area contributed by atoms with E-state index in [-0.39, 0.29) is 0 Å². The zero-order valence-electron chi connectivity index (χ0n) is 14.7. The lowest BCUT2D eigenvalue weighted by molar-refractivity contribution is 0.211. The van der Waals surface area contributed by atoms with E-state index in [1.54, 1.807) is 13.3 Å². The smallest absolute Gasteiger partial charge is 0.161 e. The van der Waals surface area contributed by atoms with Crippen molar-refractivity contribution in [3.63, 3.8) is 0 Å². The summed E-state index contributed by atoms with van der Waals surface area (Å²) in [6.07, 6.45) is 4.72. The van der Waals surface area contributed by atoms with Crippen molar-refractivity contribution >= 4 is 6.21 Å². The van der Waals surface area contributed by atoms with Gasteiger partial charge in [0.15, 0.2) is 11.5 Å². The highest BCUT2D eigenvalue weighted by Gasteiger charge is 2.05. The molecule has 0 atom stereocenters. The molecule has 7 nitrogen and oxygen atoms in total. The molecule has 0 bridgehead atoms. The number of rotatable bonds is 8. The fourth-order valence-corrected chi connectivity index (χ4v) is 2.29. The van der Waals surface area contributed by atoms with Crippen molar-refractivity contribution < 1.29 is 14.2 Å². The van der Waals surface area contributed by atoms with Crippen LogP contribution < -0.4 is 14.2 Å². The first-order valence-electron chi connectivity index (χ1n) is 8.14. The maximum absolute atomic E-state index is 5.77. The Morgan fingerprint density at radius 1 is 1.00 bits per heavy atom. The van der Waals surface area contributed by atoms with Crippen LogP contribution in [0.2, 0.25) is 0 Å². The lowest BCUT2D eigenvalue weighted by atomic mass is 10.2. The number of hydrogen-bond acceptors (Lipinski definition) is 6. The minimum atomic E-state index is 0.415. The van der Waals surface area contributed by atoms with Crippen LogP contribution in [0.15, 0.2) is 60.2 Å². The van der Waals surface area contributed by atoms with Gasteiger partial charge in [0.2, 0.25) is 0 Å². The predicted octanol–water partition coefficient (Wildman–Crippen LogP) is 2.94. The van der Waals surface area contributed by atoms with E-state index >= 15 is 0 Å². The first-order valence-corrected chi connectivity index (χ1v) is 8.14. The predicted molar refractivity (Wildman–Crippen MR) is 98.2 cm³/mol. The average molecular weight is 352 g/mol. The topological polar surface area (TPSA) is 70.8 Å². The normalized spacial score (nSPS) is 10.8. The van der Waals surface area contributed by atoms with Gasteiger partial charge in [-0.05, 0) is 48.4 Å². The summed E-state index contributed by atoms with van der Waals surface area (Å²) in [7, 11) is 1.60. The quantitative estimate of drug-likeness (QED) is 0.460. The van der Waals surface area contributed by atoms with E-state index in [1.807, 2.05) is 49.4 Å². The lowest BCUT2D eigenvalue weighted by Crippen LogP contribution is -2.09. The number of aryl methyl sites for hydroxylation is 1. The Hall–Kier alpha value is -3.35. The van der Waals surface area contributed by atoms with Gasteiger partial charge < -0.3 is 14.2 Å². The summed E-state index contributed by atoms with van der Waals surface area (Å²) in [5.74, 6) is 2.12. The molecule has 1 heterocycles. The molecule has 0 N–H and O–H groups in total. The van der Waals surface area contributed by atoms with Gasteiger partial charge in [-0.15, -0.1) is 10.2 Å². The maximum atomic E-state index is 5.77. The second kappa shape index (κ2) is 8.66. The third-order valence-electron chi connectivity index (χ3n) is 3.53. The number of benzene rings is 2. The van der Waals surface area contributed by atoms with E-state index in [4.69, 9.17) is 14.2 Å². The van der Waals surface area contributed by atoms with Gasteiger partial charge in [0, 0.05) is 0 Å². The first kappa shape index (κ1) is 17.5. The van der Waals surface area contributed by atoms with Crippen molar-refractivity contribution in [2.45, 2.75) is 6.92 Å². The number of hydrogen-bond donors (Lipinski definition) is 0. The van der Waals surface area contributed by atoms with Crippen molar-refractivity contribution in [3.8, 4) is 17.2 Å². The molecule has 134 valence electrons. The number of nitrogens with zero attached hydrogens (tertiary/aromatic N) is 4.